The van der Waals surface area contributed by atoms with Gasteiger partial charge in [0.05, 0.1) is 16.9 Å². The summed E-state index contributed by atoms with van der Waals surface area (Å²) >= 11 is 6.89. The fourth-order valence-electron chi connectivity index (χ4n) is 1.63. The quantitative estimate of drug-likeness (QED) is 0.706. The van der Waals surface area contributed by atoms with Gasteiger partial charge in [0.1, 0.15) is 0 Å². The summed E-state index contributed by atoms with van der Waals surface area (Å²) < 4.78 is 1.74. The van der Waals surface area contributed by atoms with Crippen LogP contribution in [-0.4, -0.2) is 5.91 Å². The van der Waals surface area contributed by atoms with E-state index in [1.54, 1.807) is 18.2 Å². The third-order valence-corrected chi connectivity index (χ3v) is 3.85. The van der Waals surface area contributed by atoms with Crippen LogP contribution in [0.2, 0.25) is 0 Å². The molecule has 0 saturated heterocycles. The van der Waals surface area contributed by atoms with Crippen LogP contribution in [0, 0.1) is 0 Å². The number of hydrogen-bond donors (Lipinski definition) is 3. The Morgan fingerprint density at radius 3 is 2.32 bits per heavy atom. The number of carbonyl (C=O) groups excluding carboxylic acids is 1. The van der Waals surface area contributed by atoms with E-state index >= 15 is 0 Å². The van der Waals surface area contributed by atoms with Gasteiger partial charge in [-0.3, -0.25) is 4.79 Å². The van der Waals surface area contributed by atoms with Gasteiger partial charge in [-0.2, -0.15) is 0 Å². The zero-order chi connectivity index (χ0) is 14.0. The molecule has 98 valence electrons. The highest BCUT2D eigenvalue weighted by atomic mass is 79.9. The Labute approximate surface area is 127 Å². The zero-order valence-corrected chi connectivity index (χ0v) is 13.0. The highest BCUT2D eigenvalue weighted by molar-refractivity contribution is 9.11. The Kier molecular flexibility index (Phi) is 4.11. The van der Waals surface area contributed by atoms with Gasteiger partial charge in [-0.15, -0.1) is 0 Å². The highest BCUT2D eigenvalue weighted by Crippen LogP contribution is 2.34. The number of nitrogen functional groups attached to an aromatic ring is 1. The number of primary amides is 1. The maximum Gasteiger partial charge on any atom is 0.250 e. The Hall–Kier alpha value is -1.53. The summed E-state index contributed by atoms with van der Waals surface area (Å²) in [5.74, 6) is -0.530. The highest BCUT2D eigenvalue weighted by Gasteiger charge is 2.11. The molecule has 2 rings (SSSR count). The van der Waals surface area contributed by atoms with Gasteiger partial charge in [0.15, 0.2) is 0 Å². The lowest BCUT2D eigenvalue weighted by atomic mass is 10.1. The number of hydrogen-bond acceptors (Lipinski definition) is 3. The molecule has 0 fully saturated rings. The van der Waals surface area contributed by atoms with Gasteiger partial charge in [-0.05, 0) is 62.2 Å². The van der Waals surface area contributed by atoms with Crippen molar-refractivity contribution in [3.63, 3.8) is 0 Å². The van der Waals surface area contributed by atoms with Gasteiger partial charge in [0, 0.05) is 14.6 Å². The summed E-state index contributed by atoms with van der Waals surface area (Å²) in [7, 11) is 0. The molecule has 19 heavy (non-hydrogen) atoms. The van der Waals surface area contributed by atoms with Gasteiger partial charge in [-0.1, -0.05) is 6.07 Å². The van der Waals surface area contributed by atoms with Crippen LogP contribution in [0.25, 0.3) is 0 Å². The Morgan fingerprint density at radius 1 is 1.11 bits per heavy atom. The lowest BCUT2D eigenvalue weighted by Crippen LogP contribution is -2.14. The predicted octanol–water partition coefficient (Wildman–Crippen LogP) is 3.64. The molecule has 0 aliphatic carbocycles. The van der Waals surface area contributed by atoms with E-state index in [1.165, 1.54) is 0 Å². The minimum Gasteiger partial charge on any atom is -0.399 e. The molecule has 0 aliphatic rings. The SMILES string of the molecule is NC(=O)c1cc(N)ccc1Nc1c(Br)cccc1Br. The predicted molar refractivity (Wildman–Crippen MR) is 84.5 cm³/mol. The summed E-state index contributed by atoms with van der Waals surface area (Å²) in [6, 6.07) is 10.7. The van der Waals surface area contributed by atoms with E-state index in [-0.39, 0.29) is 0 Å². The molecule has 2 aromatic carbocycles. The van der Waals surface area contributed by atoms with E-state index < -0.39 is 5.91 Å². The second-order valence-corrected chi connectivity index (χ2v) is 5.60. The van der Waals surface area contributed by atoms with Crippen LogP contribution in [0.3, 0.4) is 0 Å². The zero-order valence-electron chi connectivity index (χ0n) is 9.78. The Bertz CT molecular complexity index is 624. The van der Waals surface area contributed by atoms with Crippen LogP contribution in [0.1, 0.15) is 10.4 Å². The molecule has 0 aliphatic heterocycles. The second kappa shape index (κ2) is 5.63. The molecule has 0 spiro atoms. The van der Waals surface area contributed by atoms with E-state index in [4.69, 9.17) is 11.5 Å². The van der Waals surface area contributed by atoms with Crippen molar-refractivity contribution in [3.8, 4) is 0 Å². The van der Waals surface area contributed by atoms with Crippen molar-refractivity contribution in [1.82, 2.24) is 0 Å². The Balaban J connectivity index is 2.47. The molecular weight excluding hydrogens is 374 g/mol. The smallest absolute Gasteiger partial charge is 0.250 e. The summed E-state index contributed by atoms with van der Waals surface area (Å²) in [6.07, 6.45) is 0. The van der Waals surface area contributed by atoms with Crippen molar-refractivity contribution in [2.45, 2.75) is 0 Å². The number of para-hydroxylation sites is 1. The average Bonchev–Trinajstić information content (AvgIpc) is 2.35. The summed E-state index contributed by atoms with van der Waals surface area (Å²) in [6.45, 7) is 0. The maximum absolute atomic E-state index is 11.4. The topological polar surface area (TPSA) is 81.1 Å². The Morgan fingerprint density at radius 2 is 1.74 bits per heavy atom. The molecule has 0 atom stereocenters. The molecule has 0 saturated carbocycles. The molecule has 0 unspecified atom stereocenters. The van der Waals surface area contributed by atoms with Crippen molar-refractivity contribution in [2.75, 3.05) is 11.1 Å². The number of carbonyl (C=O) groups is 1. The van der Waals surface area contributed by atoms with E-state index in [1.807, 2.05) is 18.2 Å². The number of nitrogens with one attached hydrogen (secondary N) is 1. The van der Waals surface area contributed by atoms with Gasteiger partial charge < -0.3 is 16.8 Å². The average molecular weight is 385 g/mol. The second-order valence-electron chi connectivity index (χ2n) is 3.89. The monoisotopic (exact) mass is 383 g/mol. The molecule has 4 nitrogen and oxygen atoms in total. The molecule has 0 heterocycles. The lowest BCUT2D eigenvalue weighted by Gasteiger charge is -2.13. The first-order chi connectivity index (χ1) is 8.99. The molecular formula is C13H11Br2N3O. The van der Waals surface area contributed by atoms with Gasteiger partial charge in [0.25, 0.3) is 5.91 Å². The van der Waals surface area contributed by atoms with Crippen molar-refractivity contribution >= 4 is 54.8 Å². The summed E-state index contributed by atoms with van der Waals surface area (Å²) in [5, 5.41) is 3.17. The van der Waals surface area contributed by atoms with E-state index in [9.17, 15) is 4.79 Å². The molecule has 0 bridgehead atoms. The third-order valence-electron chi connectivity index (χ3n) is 2.53. The van der Waals surface area contributed by atoms with Crippen LogP contribution in [-0.2, 0) is 0 Å². The largest absolute Gasteiger partial charge is 0.399 e. The van der Waals surface area contributed by atoms with Crippen LogP contribution >= 0.6 is 31.9 Å². The van der Waals surface area contributed by atoms with E-state index in [0.29, 0.717) is 16.9 Å². The number of rotatable bonds is 3. The van der Waals surface area contributed by atoms with Crippen molar-refractivity contribution in [2.24, 2.45) is 5.73 Å². The van der Waals surface area contributed by atoms with Crippen LogP contribution in [0.4, 0.5) is 17.1 Å². The van der Waals surface area contributed by atoms with Crippen molar-refractivity contribution in [3.05, 3.63) is 50.9 Å². The number of benzene rings is 2. The van der Waals surface area contributed by atoms with Crippen molar-refractivity contribution < 1.29 is 4.79 Å². The fraction of sp³-hybridized carbons (Fsp3) is 0. The normalized spacial score (nSPS) is 10.2. The molecule has 1 amide bonds. The third kappa shape index (κ3) is 3.08. The van der Waals surface area contributed by atoms with Crippen LogP contribution in [0.5, 0.6) is 0 Å². The first-order valence-corrected chi connectivity index (χ1v) is 6.98. The van der Waals surface area contributed by atoms with E-state index in [0.717, 1.165) is 14.6 Å². The molecule has 6 heteroatoms. The van der Waals surface area contributed by atoms with Crippen LogP contribution in [0.15, 0.2) is 45.3 Å². The van der Waals surface area contributed by atoms with E-state index in [2.05, 4.69) is 37.2 Å². The minimum atomic E-state index is -0.530. The first-order valence-electron chi connectivity index (χ1n) is 5.39. The number of anilines is 3. The fourth-order valence-corrected chi connectivity index (χ4v) is 2.82. The van der Waals surface area contributed by atoms with Gasteiger partial charge in [-0.25, -0.2) is 0 Å². The number of amides is 1. The molecule has 0 radical (unpaired) electrons. The maximum atomic E-state index is 11.4. The standard InChI is InChI=1S/C13H11Br2N3O/c14-9-2-1-3-10(15)12(9)18-11-5-4-7(16)6-8(11)13(17)19/h1-6,18H,16H2,(H2,17,19). The summed E-state index contributed by atoms with van der Waals surface area (Å²) in [4.78, 5) is 11.4. The summed E-state index contributed by atoms with van der Waals surface area (Å²) in [5.41, 5.74) is 13.3. The molecule has 5 N–H and O–H groups in total. The van der Waals surface area contributed by atoms with Crippen molar-refractivity contribution in [1.29, 1.82) is 0 Å². The molecule has 0 aromatic heterocycles. The first kappa shape index (κ1) is 13.9. The minimum absolute atomic E-state index is 0.350. The lowest BCUT2D eigenvalue weighted by molar-refractivity contribution is 0.100. The molecule has 2 aromatic rings. The number of nitrogens with two attached hydrogens (primary N) is 2. The number of halogens is 2. The van der Waals surface area contributed by atoms with Gasteiger partial charge >= 0.3 is 0 Å². The van der Waals surface area contributed by atoms with Gasteiger partial charge in [0.2, 0.25) is 0 Å². The van der Waals surface area contributed by atoms with Crippen LogP contribution < -0.4 is 16.8 Å².